The molecule has 0 spiro atoms. The highest BCUT2D eigenvalue weighted by atomic mass is 32.2. The van der Waals surface area contributed by atoms with Crippen LogP contribution in [0.1, 0.15) is 12.0 Å². The fourth-order valence-corrected chi connectivity index (χ4v) is 5.31. The Bertz CT molecular complexity index is 985. The molecule has 0 aromatic heterocycles. The van der Waals surface area contributed by atoms with Crippen molar-refractivity contribution in [2.45, 2.75) is 12.5 Å². The minimum Gasteiger partial charge on any atom is -0.496 e. The van der Waals surface area contributed by atoms with Crippen molar-refractivity contribution in [2.75, 3.05) is 19.4 Å². The number of nitrogens with one attached hydrogen (secondary N) is 1. The van der Waals surface area contributed by atoms with Gasteiger partial charge in [-0.15, -0.1) is 0 Å². The third-order valence-electron chi connectivity index (χ3n) is 4.14. The minimum absolute atomic E-state index is 0.0266. The molecule has 7 nitrogen and oxygen atoms in total. The van der Waals surface area contributed by atoms with Gasteiger partial charge in [0, 0.05) is 23.9 Å². The summed E-state index contributed by atoms with van der Waals surface area (Å²) in [5.74, 6) is -0.0974. The van der Waals surface area contributed by atoms with Gasteiger partial charge in [-0.1, -0.05) is 42.2 Å². The van der Waals surface area contributed by atoms with Crippen molar-refractivity contribution in [1.82, 2.24) is 10.2 Å². The molecule has 1 N–H and O–H groups in total. The van der Waals surface area contributed by atoms with Crippen LogP contribution in [0.5, 0.6) is 5.75 Å². The summed E-state index contributed by atoms with van der Waals surface area (Å²) in [6, 6.07) is 6.78. The first-order valence-electron chi connectivity index (χ1n) is 8.38. The highest BCUT2D eigenvalue weighted by Gasteiger charge is 2.32. The lowest BCUT2D eigenvalue weighted by Crippen LogP contribution is -2.38. The van der Waals surface area contributed by atoms with E-state index >= 15 is 0 Å². The van der Waals surface area contributed by atoms with Gasteiger partial charge in [0.25, 0.3) is 5.91 Å². The second-order valence-electron chi connectivity index (χ2n) is 6.16. The molecule has 1 atom stereocenters. The average Bonchev–Trinajstić information content (AvgIpc) is 3.12. The summed E-state index contributed by atoms with van der Waals surface area (Å²) in [5.41, 5.74) is 0.762. The fourth-order valence-electron chi connectivity index (χ4n) is 2.78. The Balaban J connectivity index is 1.60. The maximum atomic E-state index is 12.6. The number of methoxy groups -OCH3 is 1. The van der Waals surface area contributed by atoms with Crippen LogP contribution in [0.2, 0.25) is 0 Å². The molecule has 0 aliphatic carbocycles. The zero-order chi connectivity index (χ0) is 20.3. The van der Waals surface area contributed by atoms with Gasteiger partial charge < -0.3 is 10.1 Å². The van der Waals surface area contributed by atoms with Gasteiger partial charge >= 0.3 is 0 Å². The van der Waals surface area contributed by atoms with Crippen molar-refractivity contribution < 1.29 is 22.7 Å². The quantitative estimate of drug-likeness (QED) is 0.534. The number of amides is 2. The van der Waals surface area contributed by atoms with Crippen molar-refractivity contribution in [3.05, 3.63) is 46.2 Å². The third kappa shape index (κ3) is 4.81. The number of thioether (sulfide) groups is 1. The SMILES string of the molecule is COc1ccccc1/C=C1\SC(=S)N(CCC(=O)N[C@H]2C=CS(=O)(=O)C2)C1=O. The number of ether oxygens (including phenoxy) is 1. The van der Waals surface area contributed by atoms with Crippen LogP contribution in [0.15, 0.2) is 40.7 Å². The largest absolute Gasteiger partial charge is 0.496 e. The van der Waals surface area contributed by atoms with E-state index in [9.17, 15) is 18.0 Å². The highest BCUT2D eigenvalue weighted by Crippen LogP contribution is 2.34. The molecule has 2 heterocycles. The first-order valence-corrected chi connectivity index (χ1v) is 11.3. The Morgan fingerprint density at radius 3 is 2.86 bits per heavy atom. The van der Waals surface area contributed by atoms with Gasteiger partial charge in [-0.3, -0.25) is 14.5 Å². The predicted molar refractivity (Wildman–Crippen MR) is 112 cm³/mol. The molecule has 1 fully saturated rings. The summed E-state index contributed by atoms with van der Waals surface area (Å²) in [6.45, 7) is 0.128. The summed E-state index contributed by atoms with van der Waals surface area (Å²) in [4.78, 5) is 26.6. The van der Waals surface area contributed by atoms with Crippen LogP contribution in [0, 0.1) is 0 Å². The Hall–Kier alpha value is -2.17. The predicted octanol–water partition coefficient (Wildman–Crippen LogP) is 1.71. The van der Waals surface area contributed by atoms with E-state index in [4.69, 9.17) is 17.0 Å². The Morgan fingerprint density at radius 2 is 2.18 bits per heavy atom. The molecule has 1 saturated heterocycles. The van der Waals surface area contributed by atoms with Crippen molar-refractivity contribution in [1.29, 1.82) is 0 Å². The molecular weight excluding hydrogens is 420 g/mol. The molecule has 0 bridgehead atoms. The summed E-state index contributed by atoms with van der Waals surface area (Å²) in [5, 5.41) is 3.73. The van der Waals surface area contributed by atoms with Crippen LogP contribution >= 0.6 is 24.0 Å². The number of thiocarbonyl (C=S) groups is 1. The van der Waals surface area contributed by atoms with Gasteiger partial charge in [-0.05, 0) is 18.2 Å². The van der Waals surface area contributed by atoms with Crippen molar-refractivity contribution in [3.8, 4) is 5.75 Å². The van der Waals surface area contributed by atoms with Crippen LogP contribution in [-0.2, 0) is 19.4 Å². The first-order chi connectivity index (χ1) is 13.3. The summed E-state index contributed by atoms with van der Waals surface area (Å²) in [7, 11) is -1.68. The summed E-state index contributed by atoms with van der Waals surface area (Å²) >= 11 is 6.44. The third-order valence-corrected chi connectivity index (χ3v) is 6.91. The van der Waals surface area contributed by atoms with Gasteiger partial charge in [-0.2, -0.15) is 0 Å². The maximum Gasteiger partial charge on any atom is 0.266 e. The lowest BCUT2D eigenvalue weighted by atomic mass is 10.2. The van der Waals surface area contributed by atoms with Gasteiger partial charge in [0.15, 0.2) is 9.84 Å². The maximum absolute atomic E-state index is 12.6. The fraction of sp³-hybridized carbons (Fsp3) is 0.278. The van der Waals surface area contributed by atoms with Gasteiger partial charge in [0.1, 0.15) is 10.1 Å². The monoisotopic (exact) mass is 438 g/mol. The molecule has 2 aliphatic rings. The van der Waals surface area contributed by atoms with Crippen LogP contribution in [0.3, 0.4) is 0 Å². The Kier molecular flexibility index (Phi) is 6.21. The molecule has 10 heteroatoms. The van der Waals surface area contributed by atoms with E-state index in [1.807, 2.05) is 18.2 Å². The van der Waals surface area contributed by atoms with E-state index in [1.54, 1.807) is 19.3 Å². The smallest absolute Gasteiger partial charge is 0.266 e. The Morgan fingerprint density at radius 1 is 1.43 bits per heavy atom. The van der Waals surface area contributed by atoms with E-state index < -0.39 is 15.9 Å². The average molecular weight is 439 g/mol. The minimum atomic E-state index is -3.23. The molecule has 0 unspecified atom stereocenters. The summed E-state index contributed by atoms with van der Waals surface area (Å²) in [6.07, 6.45) is 3.19. The van der Waals surface area contributed by atoms with E-state index in [1.165, 1.54) is 22.7 Å². The molecule has 1 aromatic rings. The number of benzene rings is 1. The van der Waals surface area contributed by atoms with Crippen LogP contribution in [0.25, 0.3) is 6.08 Å². The molecule has 0 radical (unpaired) electrons. The molecule has 148 valence electrons. The lowest BCUT2D eigenvalue weighted by Gasteiger charge is -2.15. The van der Waals surface area contributed by atoms with Crippen LogP contribution < -0.4 is 10.1 Å². The second kappa shape index (κ2) is 8.46. The van der Waals surface area contributed by atoms with Gasteiger partial charge in [0.05, 0.1) is 23.8 Å². The molecule has 2 amide bonds. The number of carbonyl (C=O) groups is 2. The summed E-state index contributed by atoms with van der Waals surface area (Å²) < 4.78 is 28.4. The molecule has 28 heavy (non-hydrogen) atoms. The number of para-hydroxylation sites is 1. The zero-order valence-corrected chi connectivity index (χ0v) is 17.4. The number of carbonyl (C=O) groups excluding carboxylic acids is 2. The van der Waals surface area contributed by atoms with Gasteiger partial charge in [0.2, 0.25) is 5.91 Å². The number of rotatable bonds is 6. The van der Waals surface area contributed by atoms with Crippen LogP contribution in [-0.4, -0.2) is 54.9 Å². The van der Waals surface area contributed by atoms with Crippen LogP contribution in [0.4, 0.5) is 0 Å². The molecule has 3 rings (SSSR count). The normalized spacial score (nSPS) is 22.1. The van der Waals surface area contributed by atoms with Crippen molar-refractivity contribution in [3.63, 3.8) is 0 Å². The second-order valence-corrected chi connectivity index (χ2v) is 9.76. The van der Waals surface area contributed by atoms with E-state index in [0.29, 0.717) is 15.0 Å². The van der Waals surface area contributed by atoms with Crippen molar-refractivity contribution >= 4 is 56.0 Å². The van der Waals surface area contributed by atoms with E-state index in [2.05, 4.69) is 5.32 Å². The zero-order valence-electron chi connectivity index (χ0n) is 15.0. The number of hydrogen-bond acceptors (Lipinski definition) is 7. The molecule has 0 saturated carbocycles. The van der Waals surface area contributed by atoms with Gasteiger partial charge in [-0.25, -0.2) is 8.42 Å². The Labute approximate surface area is 172 Å². The molecule has 1 aromatic carbocycles. The molecule has 2 aliphatic heterocycles. The van der Waals surface area contributed by atoms with E-state index in [0.717, 1.165) is 11.0 Å². The van der Waals surface area contributed by atoms with Crippen molar-refractivity contribution in [2.24, 2.45) is 0 Å². The topological polar surface area (TPSA) is 92.8 Å². The van der Waals surface area contributed by atoms with E-state index in [-0.39, 0.29) is 30.5 Å². The lowest BCUT2D eigenvalue weighted by molar-refractivity contribution is -0.124. The number of hydrogen-bond donors (Lipinski definition) is 1. The number of sulfone groups is 1. The first kappa shape index (κ1) is 20.6. The standard InChI is InChI=1S/C18H18N2O5S3/c1-25-14-5-3-2-4-12(14)10-15-17(22)20(18(26)27-15)8-6-16(21)19-13-7-9-28(23,24)11-13/h2-5,7,9-10,13H,6,8,11H2,1H3,(H,19,21)/b15-10-/t13-/m0/s1. The number of nitrogens with zero attached hydrogens (tertiary/aromatic N) is 1. The highest BCUT2D eigenvalue weighted by molar-refractivity contribution is 8.26. The molecular formula is C18H18N2O5S3.